The van der Waals surface area contributed by atoms with Crippen LogP contribution in [0.4, 0.5) is 0 Å². The molecule has 0 saturated carbocycles. The van der Waals surface area contributed by atoms with E-state index in [-0.39, 0.29) is 29.9 Å². The van der Waals surface area contributed by atoms with E-state index in [9.17, 15) is 4.79 Å². The molecule has 6 heteroatoms. The third-order valence-electron chi connectivity index (χ3n) is 3.42. The van der Waals surface area contributed by atoms with Gasteiger partial charge >= 0.3 is 0 Å². The van der Waals surface area contributed by atoms with E-state index in [4.69, 9.17) is 5.73 Å². The molecule has 122 valence electrons. The number of carbonyl (C=O) groups is 1. The van der Waals surface area contributed by atoms with Crippen LogP contribution in [-0.4, -0.2) is 28.3 Å². The second-order valence-electron chi connectivity index (χ2n) is 6.27. The van der Waals surface area contributed by atoms with Gasteiger partial charge < -0.3 is 11.1 Å². The molecule has 1 atom stereocenters. The van der Waals surface area contributed by atoms with E-state index in [1.165, 1.54) is 0 Å². The quantitative estimate of drug-likeness (QED) is 0.847. The van der Waals surface area contributed by atoms with Crippen molar-refractivity contribution in [3.8, 4) is 0 Å². The van der Waals surface area contributed by atoms with Gasteiger partial charge in [0.25, 0.3) is 5.91 Å². The highest BCUT2D eigenvalue weighted by molar-refractivity contribution is 5.95. The number of aromatic nitrogens is 2. The van der Waals surface area contributed by atoms with Gasteiger partial charge in [0.1, 0.15) is 0 Å². The van der Waals surface area contributed by atoms with Crippen LogP contribution in [0.3, 0.4) is 0 Å². The fraction of sp³-hybridized carbons (Fsp3) is 0.733. The van der Waals surface area contributed by atoms with E-state index in [0.717, 1.165) is 25.0 Å². The molecule has 0 aliphatic carbocycles. The SMILES string of the molecule is CCCCC(CN)NC(=O)c1cnn(C(C)(C)C)c1C.Cl. The zero-order valence-electron chi connectivity index (χ0n) is 13.8. The Kier molecular flexibility index (Phi) is 7.96. The van der Waals surface area contributed by atoms with Gasteiger partial charge in [0.2, 0.25) is 0 Å². The lowest BCUT2D eigenvalue weighted by Crippen LogP contribution is -2.40. The molecule has 21 heavy (non-hydrogen) atoms. The summed E-state index contributed by atoms with van der Waals surface area (Å²) in [5.74, 6) is -0.0791. The van der Waals surface area contributed by atoms with Crippen molar-refractivity contribution in [1.82, 2.24) is 15.1 Å². The van der Waals surface area contributed by atoms with E-state index in [0.29, 0.717) is 12.1 Å². The highest BCUT2D eigenvalue weighted by Crippen LogP contribution is 2.18. The van der Waals surface area contributed by atoms with Crippen LogP contribution in [0.15, 0.2) is 6.20 Å². The number of nitrogens with zero attached hydrogens (tertiary/aromatic N) is 2. The average Bonchev–Trinajstić information content (AvgIpc) is 2.76. The molecule has 3 N–H and O–H groups in total. The Morgan fingerprint density at radius 2 is 2.10 bits per heavy atom. The number of nitrogens with two attached hydrogens (primary N) is 1. The highest BCUT2D eigenvalue weighted by Gasteiger charge is 2.22. The summed E-state index contributed by atoms with van der Waals surface area (Å²) in [4.78, 5) is 12.3. The molecule has 1 aromatic heterocycles. The largest absolute Gasteiger partial charge is 0.348 e. The molecule has 1 amide bonds. The Morgan fingerprint density at radius 3 is 2.52 bits per heavy atom. The van der Waals surface area contributed by atoms with Crippen molar-refractivity contribution in [3.05, 3.63) is 17.5 Å². The Balaban J connectivity index is 0.00000400. The van der Waals surface area contributed by atoms with Gasteiger partial charge in [0, 0.05) is 18.3 Å². The monoisotopic (exact) mass is 316 g/mol. The number of unbranched alkanes of at least 4 members (excludes halogenated alkanes) is 1. The lowest BCUT2D eigenvalue weighted by Gasteiger charge is -2.21. The predicted octanol–water partition coefficient (Wildman–Crippen LogP) is 2.62. The third-order valence-corrected chi connectivity index (χ3v) is 3.42. The van der Waals surface area contributed by atoms with Crippen LogP contribution < -0.4 is 11.1 Å². The van der Waals surface area contributed by atoms with Gasteiger partial charge in [0.15, 0.2) is 0 Å². The van der Waals surface area contributed by atoms with Gasteiger partial charge in [-0.15, -0.1) is 12.4 Å². The Hall–Kier alpha value is -1.07. The molecule has 1 heterocycles. The zero-order chi connectivity index (χ0) is 15.3. The van der Waals surface area contributed by atoms with Gasteiger partial charge in [-0.1, -0.05) is 19.8 Å². The summed E-state index contributed by atoms with van der Waals surface area (Å²) in [5, 5.41) is 7.33. The molecular weight excluding hydrogens is 288 g/mol. The van der Waals surface area contributed by atoms with E-state index >= 15 is 0 Å². The maximum atomic E-state index is 12.3. The van der Waals surface area contributed by atoms with Crippen molar-refractivity contribution in [3.63, 3.8) is 0 Å². The van der Waals surface area contributed by atoms with Gasteiger partial charge in [-0.2, -0.15) is 5.10 Å². The smallest absolute Gasteiger partial charge is 0.255 e. The second kappa shape index (κ2) is 8.39. The van der Waals surface area contributed by atoms with Crippen LogP contribution in [0.1, 0.15) is 63.0 Å². The first-order valence-corrected chi connectivity index (χ1v) is 7.37. The molecule has 0 aliphatic heterocycles. The van der Waals surface area contributed by atoms with Crippen LogP contribution in [0.5, 0.6) is 0 Å². The molecule has 0 aliphatic rings. The first kappa shape index (κ1) is 19.9. The van der Waals surface area contributed by atoms with Crippen molar-refractivity contribution in [2.75, 3.05) is 6.54 Å². The molecule has 1 aromatic rings. The lowest BCUT2D eigenvalue weighted by atomic mass is 10.1. The maximum Gasteiger partial charge on any atom is 0.255 e. The minimum atomic E-state index is -0.127. The van der Waals surface area contributed by atoms with E-state index < -0.39 is 0 Å². The predicted molar refractivity (Wildman–Crippen MR) is 89.0 cm³/mol. The van der Waals surface area contributed by atoms with Crippen LogP contribution >= 0.6 is 12.4 Å². The first-order chi connectivity index (χ1) is 9.31. The van der Waals surface area contributed by atoms with Crippen molar-refractivity contribution in [2.24, 2.45) is 5.73 Å². The summed E-state index contributed by atoms with van der Waals surface area (Å²) in [5.41, 5.74) is 7.11. The van der Waals surface area contributed by atoms with Crippen LogP contribution in [0.25, 0.3) is 0 Å². The molecule has 0 bridgehead atoms. The van der Waals surface area contributed by atoms with Crippen molar-refractivity contribution in [1.29, 1.82) is 0 Å². The molecule has 0 aromatic carbocycles. The number of hydrogen-bond acceptors (Lipinski definition) is 3. The molecule has 1 unspecified atom stereocenters. The topological polar surface area (TPSA) is 72.9 Å². The normalized spacial score (nSPS) is 12.7. The molecule has 1 rings (SSSR count). The van der Waals surface area contributed by atoms with Crippen molar-refractivity contribution >= 4 is 18.3 Å². The van der Waals surface area contributed by atoms with Crippen LogP contribution in [0.2, 0.25) is 0 Å². The minimum absolute atomic E-state index is 0. The van der Waals surface area contributed by atoms with E-state index in [2.05, 4.69) is 38.1 Å². The summed E-state index contributed by atoms with van der Waals surface area (Å²) < 4.78 is 1.88. The van der Waals surface area contributed by atoms with Gasteiger partial charge in [-0.3, -0.25) is 9.48 Å². The highest BCUT2D eigenvalue weighted by atomic mass is 35.5. The zero-order valence-corrected chi connectivity index (χ0v) is 14.6. The molecule has 0 fully saturated rings. The lowest BCUT2D eigenvalue weighted by molar-refractivity contribution is 0.0935. The van der Waals surface area contributed by atoms with E-state index in [1.54, 1.807) is 6.20 Å². The number of carbonyl (C=O) groups excluding carboxylic acids is 1. The molecule has 0 spiro atoms. The molecule has 0 radical (unpaired) electrons. The summed E-state index contributed by atoms with van der Waals surface area (Å²) in [6, 6.07) is 0.0415. The van der Waals surface area contributed by atoms with Crippen molar-refractivity contribution in [2.45, 2.75) is 65.5 Å². The number of rotatable bonds is 6. The Labute approximate surface area is 134 Å². The van der Waals surface area contributed by atoms with Gasteiger partial charge in [0.05, 0.1) is 17.3 Å². The van der Waals surface area contributed by atoms with Gasteiger partial charge in [-0.25, -0.2) is 0 Å². The average molecular weight is 317 g/mol. The summed E-state index contributed by atoms with van der Waals surface area (Å²) in [6.07, 6.45) is 4.74. The maximum absolute atomic E-state index is 12.3. The fourth-order valence-electron chi connectivity index (χ4n) is 2.27. The number of halogens is 1. The molecular formula is C15H29ClN4O. The Morgan fingerprint density at radius 1 is 1.48 bits per heavy atom. The minimum Gasteiger partial charge on any atom is -0.348 e. The van der Waals surface area contributed by atoms with Crippen molar-refractivity contribution < 1.29 is 4.79 Å². The Bertz CT molecular complexity index is 451. The van der Waals surface area contributed by atoms with Crippen LogP contribution in [0, 0.1) is 6.92 Å². The fourth-order valence-corrected chi connectivity index (χ4v) is 2.27. The number of hydrogen-bond donors (Lipinski definition) is 2. The summed E-state index contributed by atoms with van der Waals surface area (Å²) in [6.45, 7) is 10.7. The van der Waals surface area contributed by atoms with Gasteiger partial charge in [-0.05, 0) is 34.1 Å². The summed E-state index contributed by atoms with van der Waals surface area (Å²) in [7, 11) is 0. The number of nitrogens with one attached hydrogen (secondary N) is 1. The third kappa shape index (κ3) is 5.32. The molecule has 0 saturated heterocycles. The van der Waals surface area contributed by atoms with Crippen LogP contribution in [-0.2, 0) is 5.54 Å². The second-order valence-corrected chi connectivity index (χ2v) is 6.27. The molecule has 5 nitrogen and oxygen atoms in total. The first-order valence-electron chi connectivity index (χ1n) is 7.37. The van der Waals surface area contributed by atoms with E-state index in [1.807, 2.05) is 11.6 Å². The summed E-state index contributed by atoms with van der Waals surface area (Å²) >= 11 is 0. The standard InChI is InChI=1S/C15H28N4O.ClH/c1-6-7-8-12(9-16)18-14(20)13-10-17-19(11(13)2)15(3,4)5;/h10,12H,6-9,16H2,1-5H3,(H,18,20);1H. The number of amides is 1.